The lowest BCUT2D eigenvalue weighted by atomic mass is 10.1. The van der Waals surface area contributed by atoms with E-state index in [1.54, 1.807) is 0 Å². The van der Waals surface area contributed by atoms with Crippen molar-refractivity contribution in [3.05, 3.63) is 29.8 Å². The molecule has 1 atom stereocenters. The third kappa shape index (κ3) is 6.33. The molecule has 0 radical (unpaired) electrons. The van der Waals surface area contributed by atoms with E-state index in [0.717, 1.165) is 30.6 Å². The van der Waals surface area contributed by atoms with E-state index in [4.69, 9.17) is 5.73 Å². The van der Waals surface area contributed by atoms with Crippen LogP contribution < -0.4 is 16.4 Å². The number of primary amides is 1. The number of carbonyl (C=O) groups excluding carboxylic acids is 2. The first-order chi connectivity index (χ1) is 9.49. The summed E-state index contributed by atoms with van der Waals surface area (Å²) in [4.78, 5) is 21.6. The molecule has 0 aliphatic heterocycles. The van der Waals surface area contributed by atoms with Gasteiger partial charge in [-0.25, -0.2) is 0 Å². The lowest BCUT2D eigenvalue weighted by Crippen LogP contribution is -2.20. The molecular weight excluding hydrogens is 254 g/mol. The van der Waals surface area contributed by atoms with Gasteiger partial charge in [-0.15, -0.1) is 0 Å². The number of nitrogens with one attached hydrogen (secondary N) is 2. The molecule has 0 aliphatic carbocycles. The van der Waals surface area contributed by atoms with Crippen molar-refractivity contribution in [3.63, 3.8) is 0 Å². The highest BCUT2D eigenvalue weighted by Gasteiger charge is 2.06. The second-order valence-electron chi connectivity index (χ2n) is 4.91. The molecule has 0 spiro atoms. The Morgan fingerprint density at radius 3 is 2.70 bits per heavy atom. The van der Waals surface area contributed by atoms with Gasteiger partial charge in [0.05, 0.1) is 0 Å². The Hall–Kier alpha value is -1.88. The van der Waals surface area contributed by atoms with Crippen LogP contribution >= 0.6 is 0 Å². The van der Waals surface area contributed by atoms with E-state index in [0.29, 0.717) is 6.42 Å². The van der Waals surface area contributed by atoms with E-state index in [2.05, 4.69) is 17.6 Å². The van der Waals surface area contributed by atoms with E-state index in [1.165, 1.54) is 6.92 Å². The topological polar surface area (TPSA) is 84.2 Å². The molecule has 5 nitrogen and oxygen atoms in total. The molecule has 0 bridgehead atoms. The molecule has 5 heteroatoms. The molecule has 1 unspecified atom stereocenters. The Morgan fingerprint density at radius 2 is 2.05 bits per heavy atom. The second-order valence-corrected chi connectivity index (χ2v) is 4.91. The molecular formula is C15H23N3O2. The van der Waals surface area contributed by atoms with E-state index in [1.807, 2.05) is 24.3 Å². The summed E-state index contributed by atoms with van der Waals surface area (Å²) in [5, 5.41) is 6.16. The van der Waals surface area contributed by atoms with Gasteiger partial charge in [-0.2, -0.15) is 0 Å². The first kappa shape index (κ1) is 16.2. The zero-order valence-electron chi connectivity index (χ0n) is 12.1. The molecule has 1 aromatic rings. The first-order valence-corrected chi connectivity index (χ1v) is 6.88. The molecule has 0 fully saturated rings. The van der Waals surface area contributed by atoms with Crippen LogP contribution in [-0.4, -0.2) is 18.4 Å². The maximum absolute atomic E-state index is 11.0. The molecule has 4 N–H and O–H groups in total. The second kappa shape index (κ2) is 8.32. The monoisotopic (exact) mass is 277 g/mol. The van der Waals surface area contributed by atoms with Crippen LogP contribution in [0.15, 0.2) is 24.3 Å². The fourth-order valence-electron chi connectivity index (χ4n) is 1.95. The molecule has 1 aromatic carbocycles. The van der Waals surface area contributed by atoms with Gasteiger partial charge in [0.15, 0.2) is 0 Å². The minimum absolute atomic E-state index is 0.0748. The molecule has 20 heavy (non-hydrogen) atoms. The Morgan fingerprint density at radius 1 is 1.30 bits per heavy atom. The number of benzene rings is 1. The fraction of sp³-hybridized carbons (Fsp3) is 0.467. The number of anilines is 1. The molecule has 1 rings (SSSR count). The highest BCUT2D eigenvalue weighted by molar-refractivity contribution is 5.88. The summed E-state index contributed by atoms with van der Waals surface area (Å²) >= 11 is 0. The zero-order valence-corrected chi connectivity index (χ0v) is 12.1. The quantitative estimate of drug-likeness (QED) is 0.635. The fourth-order valence-corrected chi connectivity index (χ4v) is 1.95. The maximum atomic E-state index is 11.0. The molecule has 0 saturated heterocycles. The predicted octanol–water partition coefficient (Wildman–Crippen LogP) is 1.95. The number of unbranched alkanes of at least 4 members (excludes halogenated alkanes) is 1. The van der Waals surface area contributed by atoms with Crippen molar-refractivity contribution in [2.45, 2.75) is 39.2 Å². The van der Waals surface area contributed by atoms with Gasteiger partial charge in [0.25, 0.3) is 0 Å². The number of amides is 2. The number of carbonyl (C=O) groups is 2. The van der Waals surface area contributed by atoms with Crippen LogP contribution in [0.4, 0.5) is 5.69 Å². The largest absolute Gasteiger partial charge is 0.370 e. The first-order valence-electron chi connectivity index (χ1n) is 6.88. The minimum Gasteiger partial charge on any atom is -0.370 e. The van der Waals surface area contributed by atoms with Gasteiger partial charge < -0.3 is 16.4 Å². The van der Waals surface area contributed by atoms with Crippen LogP contribution in [-0.2, 0) is 9.59 Å². The highest BCUT2D eigenvalue weighted by Crippen LogP contribution is 2.17. The van der Waals surface area contributed by atoms with Crippen molar-refractivity contribution >= 4 is 17.5 Å². The zero-order chi connectivity index (χ0) is 15.0. The van der Waals surface area contributed by atoms with Crippen molar-refractivity contribution in [1.82, 2.24) is 5.32 Å². The van der Waals surface area contributed by atoms with Crippen LogP contribution in [0.25, 0.3) is 0 Å². The van der Waals surface area contributed by atoms with Crippen LogP contribution in [0.1, 0.15) is 44.7 Å². The van der Waals surface area contributed by atoms with E-state index in [9.17, 15) is 9.59 Å². The van der Waals surface area contributed by atoms with E-state index < -0.39 is 0 Å². The lowest BCUT2D eigenvalue weighted by molar-refractivity contribution is -0.118. The number of hydrogen-bond donors (Lipinski definition) is 3. The number of rotatable bonds is 8. The standard InChI is InChI=1S/C15H23N3O2/c1-11(17-9-4-3-8-15(16)20)13-6-5-7-14(10-13)18-12(2)19/h5-7,10-11,17H,3-4,8-9H2,1-2H3,(H2,16,20)(H,18,19). The van der Waals surface area contributed by atoms with Gasteiger partial charge in [-0.05, 0) is 44.0 Å². The molecule has 0 aromatic heterocycles. The summed E-state index contributed by atoms with van der Waals surface area (Å²) in [5.74, 6) is -0.324. The Labute approximate surface area is 119 Å². The third-order valence-electron chi connectivity index (χ3n) is 3.01. The molecule has 0 aliphatic rings. The highest BCUT2D eigenvalue weighted by atomic mass is 16.1. The van der Waals surface area contributed by atoms with Gasteiger partial charge >= 0.3 is 0 Å². The predicted molar refractivity (Wildman–Crippen MR) is 80.2 cm³/mol. The number of nitrogens with two attached hydrogens (primary N) is 1. The van der Waals surface area contributed by atoms with Crippen molar-refractivity contribution in [2.24, 2.45) is 5.73 Å². The van der Waals surface area contributed by atoms with Gasteiger partial charge in [0.2, 0.25) is 11.8 Å². The summed E-state index contributed by atoms with van der Waals surface area (Å²) in [6.07, 6.45) is 2.16. The summed E-state index contributed by atoms with van der Waals surface area (Å²) in [6.45, 7) is 4.40. The average molecular weight is 277 g/mol. The van der Waals surface area contributed by atoms with Crippen LogP contribution in [0, 0.1) is 0 Å². The minimum atomic E-state index is -0.249. The summed E-state index contributed by atoms with van der Waals surface area (Å²) < 4.78 is 0. The van der Waals surface area contributed by atoms with Crippen molar-refractivity contribution in [1.29, 1.82) is 0 Å². The Kier molecular flexibility index (Phi) is 6.73. The average Bonchev–Trinajstić information content (AvgIpc) is 2.37. The summed E-state index contributed by atoms with van der Waals surface area (Å²) in [7, 11) is 0. The normalized spacial score (nSPS) is 11.9. The lowest BCUT2D eigenvalue weighted by Gasteiger charge is -2.15. The van der Waals surface area contributed by atoms with Gasteiger partial charge in [0, 0.05) is 25.1 Å². The Balaban J connectivity index is 2.40. The van der Waals surface area contributed by atoms with Crippen LogP contribution in [0.2, 0.25) is 0 Å². The van der Waals surface area contributed by atoms with E-state index >= 15 is 0 Å². The maximum Gasteiger partial charge on any atom is 0.221 e. The van der Waals surface area contributed by atoms with E-state index in [-0.39, 0.29) is 17.9 Å². The van der Waals surface area contributed by atoms with Crippen LogP contribution in [0.3, 0.4) is 0 Å². The smallest absolute Gasteiger partial charge is 0.221 e. The summed E-state index contributed by atoms with van der Waals surface area (Å²) in [6, 6.07) is 7.96. The van der Waals surface area contributed by atoms with Gasteiger partial charge in [-0.1, -0.05) is 12.1 Å². The molecule has 110 valence electrons. The summed E-state index contributed by atoms with van der Waals surface area (Å²) in [5.41, 5.74) is 7.01. The number of hydrogen-bond acceptors (Lipinski definition) is 3. The van der Waals surface area contributed by atoms with Crippen LogP contribution in [0.5, 0.6) is 0 Å². The van der Waals surface area contributed by atoms with Crippen molar-refractivity contribution < 1.29 is 9.59 Å². The van der Waals surface area contributed by atoms with Crippen molar-refractivity contribution in [2.75, 3.05) is 11.9 Å². The van der Waals surface area contributed by atoms with Gasteiger partial charge in [-0.3, -0.25) is 9.59 Å². The SMILES string of the molecule is CC(=O)Nc1cccc(C(C)NCCCCC(N)=O)c1. The molecule has 0 saturated carbocycles. The third-order valence-corrected chi connectivity index (χ3v) is 3.01. The molecule has 2 amide bonds. The van der Waals surface area contributed by atoms with Gasteiger partial charge in [0.1, 0.15) is 0 Å². The van der Waals surface area contributed by atoms with Crippen molar-refractivity contribution in [3.8, 4) is 0 Å². The Bertz CT molecular complexity index is 460. The molecule has 0 heterocycles.